The molecule has 0 radical (unpaired) electrons. The van der Waals surface area contributed by atoms with Gasteiger partial charge in [0, 0.05) is 6.04 Å². The highest BCUT2D eigenvalue weighted by molar-refractivity contribution is 5.45. The van der Waals surface area contributed by atoms with Crippen molar-refractivity contribution in [2.24, 2.45) is 11.1 Å². The minimum atomic E-state index is 0.208. The van der Waals surface area contributed by atoms with E-state index < -0.39 is 0 Å². The zero-order valence-corrected chi connectivity index (χ0v) is 11.7. The second-order valence-electron chi connectivity index (χ2n) is 5.37. The number of hydrogen-bond donors (Lipinski definition) is 1. The highest BCUT2D eigenvalue weighted by Crippen LogP contribution is 2.54. The van der Waals surface area contributed by atoms with Gasteiger partial charge in [-0.25, -0.2) is 0 Å². The summed E-state index contributed by atoms with van der Waals surface area (Å²) in [6.07, 6.45) is 2.16. The van der Waals surface area contributed by atoms with Crippen LogP contribution in [0.1, 0.15) is 38.2 Å². The van der Waals surface area contributed by atoms with Gasteiger partial charge in [-0.05, 0) is 41.9 Å². The molecule has 0 aliphatic heterocycles. The molecule has 0 amide bonds. The van der Waals surface area contributed by atoms with E-state index in [2.05, 4.69) is 26.0 Å². The van der Waals surface area contributed by atoms with Crippen LogP contribution in [0.5, 0.6) is 11.5 Å². The molecule has 3 atom stereocenters. The van der Waals surface area contributed by atoms with Crippen LogP contribution in [0.25, 0.3) is 0 Å². The Morgan fingerprint density at radius 3 is 2.44 bits per heavy atom. The molecule has 0 saturated heterocycles. The fourth-order valence-electron chi connectivity index (χ4n) is 2.99. The average molecular weight is 249 g/mol. The van der Waals surface area contributed by atoms with E-state index in [4.69, 9.17) is 15.2 Å². The average Bonchev–Trinajstić information content (AvgIpc) is 2.42. The van der Waals surface area contributed by atoms with Crippen LogP contribution in [0.15, 0.2) is 18.2 Å². The zero-order valence-electron chi connectivity index (χ0n) is 11.7. The predicted molar refractivity (Wildman–Crippen MR) is 73.3 cm³/mol. The molecule has 100 valence electrons. The van der Waals surface area contributed by atoms with Crippen molar-refractivity contribution in [1.82, 2.24) is 0 Å². The highest BCUT2D eigenvalue weighted by atomic mass is 16.5. The third-order valence-corrected chi connectivity index (χ3v) is 4.70. The lowest BCUT2D eigenvalue weighted by atomic mass is 9.54. The lowest BCUT2D eigenvalue weighted by Gasteiger charge is -2.53. The van der Waals surface area contributed by atoms with Gasteiger partial charge in [0.1, 0.15) is 0 Å². The van der Waals surface area contributed by atoms with Crippen molar-refractivity contribution in [2.75, 3.05) is 14.2 Å². The number of methoxy groups -OCH3 is 2. The van der Waals surface area contributed by atoms with Crippen LogP contribution in [0, 0.1) is 5.41 Å². The molecule has 1 saturated carbocycles. The third-order valence-electron chi connectivity index (χ3n) is 4.70. The molecular weight excluding hydrogens is 226 g/mol. The van der Waals surface area contributed by atoms with Gasteiger partial charge in [-0.2, -0.15) is 0 Å². The molecule has 1 aliphatic rings. The Bertz CT molecular complexity index is 433. The van der Waals surface area contributed by atoms with E-state index in [9.17, 15) is 0 Å². The summed E-state index contributed by atoms with van der Waals surface area (Å²) in [6, 6.07) is 6.50. The van der Waals surface area contributed by atoms with Crippen molar-refractivity contribution in [3.8, 4) is 11.5 Å². The quantitative estimate of drug-likeness (QED) is 0.892. The Labute approximate surface area is 109 Å². The van der Waals surface area contributed by atoms with E-state index in [1.165, 1.54) is 5.56 Å². The first-order chi connectivity index (χ1) is 8.56. The van der Waals surface area contributed by atoms with E-state index in [0.29, 0.717) is 12.0 Å². The zero-order chi connectivity index (χ0) is 13.3. The molecule has 3 heteroatoms. The normalized spacial score (nSPS) is 30.7. The molecule has 3 nitrogen and oxygen atoms in total. The van der Waals surface area contributed by atoms with Crippen LogP contribution < -0.4 is 15.2 Å². The summed E-state index contributed by atoms with van der Waals surface area (Å²) in [6.45, 7) is 4.50. The smallest absolute Gasteiger partial charge is 0.160 e. The van der Waals surface area contributed by atoms with Gasteiger partial charge in [-0.3, -0.25) is 0 Å². The van der Waals surface area contributed by atoms with E-state index in [0.717, 1.165) is 24.3 Å². The second kappa shape index (κ2) is 4.81. The van der Waals surface area contributed by atoms with Crippen LogP contribution in [0.4, 0.5) is 0 Å². The van der Waals surface area contributed by atoms with Crippen molar-refractivity contribution in [3.63, 3.8) is 0 Å². The number of benzene rings is 1. The fraction of sp³-hybridized carbons (Fsp3) is 0.600. The molecule has 2 N–H and O–H groups in total. The van der Waals surface area contributed by atoms with Crippen LogP contribution in [-0.4, -0.2) is 20.3 Å². The summed E-state index contributed by atoms with van der Waals surface area (Å²) in [5.74, 6) is 2.11. The molecule has 2 rings (SSSR count). The van der Waals surface area contributed by atoms with Crippen LogP contribution in [0.2, 0.25) is 0 Å². The lowest BCUT2D eigenvalue weighted by Crippen LogP contribution is -2.54. The number of hydrogen-bond acceptors (Lipinski definition) is 3. The van der Waals surface area contributed by atoms with E-state index in [1.807, 2.05) is 6.07 Å². The standard InChI is InChI=1S/C15H23NO2/c1-5-15(2)11(9-14(15)16)10-6-7-12(17-3)13(8-10)18-4/h6-8,11,14H,5,9,16H2,1-4H3. The fourth-order valence-corrected chi connectivity index (χ4v) is 2.99. The van der Waals surface area contributed by atoms with Gasteiger partial charge in [0.2, 0.25) is 0 Å². The molecule has 1 aromatic rings. The van der Waals surface area contributed by atoms with Crippen molar-refractivity contribution in [2.45, 2.75) is 38.6 Å². The molecule has 18 heavy (non-hydrogen) atoms. The molecule has 0 aromatic heterocycles. The van der Waals surface area contributed by atoms with E-state index in [1.54, 1.807) is 14.2 Å². The van der Waals surface area contributed by atoms with E-state index >= 15 is 0 Å². The summed E-state index contributed by atoms with van der Waals surface area (Å²) < 4.78 is 10.6. The minimum absolute atomic E-state index is 0.208. The SMILES string of the molecule is CCC1(C)C(N)CC1c1ccc(OC)c(OC)c1. The highest BCUT2D eigenvalue weighted by Gasteiger charge is 2.48. The van der Waals surface area contributed by atoms with Crippen molar-refractivity contribution in [1.29, 1.82) is 0 Å². The van der Waals surface area contributed by atoms with Gasteiger partial charge in [0.25, 0.3) is 0 Å². The Hall–Kier alpha value is -1.22. The van der Waals surface area contributed by atoms with Crippen molar-refractivity contribution in [3.05, 3.63) is 23.8 Å². The lowest BCUT2D eigenvalue weighted by molar-refractivity contribution is 0.0704. The van der Waals surface area contributed by atoms with Crippen LogP contribution in [0.3, 0.4) is 0 Å². The summed E-state index contributed by atoms with van der Waals surface area (Å²) >= 11 is 0. The van der Waals surface area contributed by atoms with Gasteiger partial charge in [0.15, 0.2) is 11.5 Å². The predicted octanol–water partition coefficient (Wildman–Crippen LogP) is 2.93. The van der Waals surface area contributed by atoms with Crippen LogP contribution >= 0.6 is 0 Å². The largest absolute Gasteiger partial charge is 0.493 e. The molecule has 1 aromatic carbocycles. The van der Waals surface area contributed by atoms with Gasteiger partial charge in [-0.15, -0.1) is 0 Å². The topological polar surface area (TPSA) is 44.5 Å². The summed E-state index contributed by atoms with van der Waals surface area (Å²) in [7, 11) is 3.33. The summed E-state index contributed by atoms with van der Waals surface area (Å²) in [5, 5.41) is 0. The number of nitrogens with two attached hydrogens (primary N) is 1. The molecule has 3 unspecified atom stereocenters. The van der Waals surface area contributed by atoms with Gasteiger partial charge >= 0.3 is 0 Å². The number of ether oxygens (including phenoxy) is 2. The molecule has 1 fully saturated rings. The minimum Gasteiger partial charge on any atom is -0.493 e. The molecule has 0 bridgehead atoms. The first kappa shape index (κ1) is 13.2. The monoisotopic (exact) mass is 249 g/mol. The maximum Gasteiger partial charge on any atom is 0.160 e. The third kappa shape index (κ3) is 1.87. The molecular formula is C15H23NO2. The van der Waals surface area contributed by atoms with Crippen molar-refractivity contribution >= 4 is 0 Å². The van der Waals surface area contributed by atoms with Crippen LogP contribution in [-0.2, 0) is 0 Å². The Balaban J connectivity index is 2.30. The molecule has 0 heterocycles. The summed E-state index contributed by atoms with van der Waals surface area (Å²) in [4.78, 5) is 0. The Kier molecular flexibility index (Phi) is 3.53. The Morgan fingerprint density at radius 1 is 1.28 bits per heavy atom. The maximum atomic E-state index is 6.17. The van der Waals surface area contributed by atoms with Gasteiger partial charge in [-0.1, -0.05) is 19.9 Å². The first-order valence-electron chi connectivity index (χ1n) is 6.54. The Morgan fingerprint density at radius 2 is 1.94 bits per heavy atom. The maximum absolute atomic E-state index is 6.17. The van der Waals surface area contributed by atoms with E-state index in [-0.39, 0.29) is 5.41 Å². The first-order valence-corrected chi connectivity index (χ1v) is 6.54. The van der Waals surface area contributed by atoms with Gasteiger partial charge < -0.3 is 15.2 Å². The molecule has 1 aliphatic carbocycles. The number of rotatable bonds is 4. The van der Waals surface area contributed by atoms with Crippen molar-refractivity contribution < 1.29 is 9.47 Å². The summed E-state index contributed by atoms with van der Waals surface area (Å²) in [5.41, 5.74) is 7.68. The molecule has 0 spiro atoms. The second-order valence-corrected chi connectivity index (χ2v) is 5.37. The van der Waals surface area contributed by atoms with Gasteiger partial charge in [0.05, 0.1) is 14.2 Å².